The Morgan fingerprint density at radius 1 is 1.21 bits per heavy atom. The van der Waals surface area contributed by atoms with E-state index >= 15 is 0 Å². The van der Waals surface area contributed by atoms with Crippen LogP contribution in [0.4, 0.5) is 4.79 Å². The normalized spacial score (nSPS) is 26.9. The number of fused-ring (bicyclic) bond motifs is 3. The summed E-state index contributed by atoms with van der Waals surface area (Å²) in [6.45, 7) is 10.5. The molecule has 3 atom stereocenters. The second-order valence-corrected chi connectivity index (χ2v) is 11.1. The van der Waals surface area contributed by atoms with E-state index in [0.29, 0.717) is 44.3 Å². The number of carbonyl (C=O) groups excluding carboxylic acids is 2. The van der Waals surface area contributed by atoms with E-state index in [1.165, 1.54) is 12.8 Å². The molecule has 3 unspecified atom stereocenters. The van der Waals surface area contributed by atoms with Crippen LogP contribution in [0.3, 0.4) is 0 Å². The minimum atomic E-state index is -0.336. The Bertz CT molecular complexity index is 1090. The van der Waals surface area contributed by atoms with Crippen LogP contribution in [0.25, 0.3) is 0 Å². The average molecular weight is 465 g/mol. The van der Waals surface area contributed by atoms with E-state index in [9.17, 15) is 9.59 Å². The summed E-state index contributed by atoms with van der Waals surface area (Å²) in [6.07, 6.45) is 3.88. The Morgan fingerprint density at radius 2 is 1.97 bits per heavy atom. The number of amides is 2. The van der Waals surface area contributed by atoms with Gasteiger partial charge in [-0.2, -0.15) is 5.10 Å². The van der Waals surface area contributed by atoms with Crippen molar-refractivity contribution in [3.63, 3.8) is 0 Å². The molecule has 34 heavy (non-hydrogen) atoms. The van der Waals surface area contributed by atoms with Crippen LogP contribution in [0.2, 0.25) is 0 Å². The molecule has 2 bridgehead atoms. The van der Waals surface area contributed by atoms with Crippen molar-refractivity contribution in [2.45, 2.75) is 72.5 Å². The highest BCUT2D eigenvalue weighted by Gasteiger charge is 2.59. The predicted octanol–water partition coefficient (Wildman–Crippen LogP) is 4.39. The van der Waals surface area contributed by atoms with Gasteiger partial charge in [0.2, 0.25) is 0 Å². The fourth-order valence-electron chi connectivity index (χ4n) is 6.79. The summed E-state index contributed by atoms with van der Waals surface area (Å²) >= 11 is 0. The van der Waals surface area contributed by atoms with Crippen LogP contribution < -0.4 is 5.32 Å². The molecule has 3 aliphatic rings. The highest BCUT2D eigenvalue weighted by atomic mass is 16.6. The van der Waals surface area contributed by atoms with Crippen molar-refractivity contribution in [2.24, 2.45) is 16.7 Å². The van der Waals surface area contributed by atoms with Gasteiger partial charge in [-0.05, 0) is 48.5 Å². The summed E-state index contributed by atoms with van der Waals surface area (Å²) in [5, 5.41) is 8.23. The molecule has 0 spiro atoms. The molecular formula is C27H36N4O3. The molecule has 2 fully saturated rings. The second kappa shape index (κ2) is 8.43. The summed E-state index contributed by atoms with van der Waals surface area (Å²) in [5.74, 6) is 0.521. The van der Waals surface area contributed by atoms with Crippen molar-refractivity contribution < 1.29 is 14.3 Å². The third-order valence-corrected chi connectivity index (χ3v) is 8.60. The number of ether oxygens (including phenoxy) is 1. The molecule has 2 amide bonds. The van der Waals surface area contributed by atoms with Crippen LogP contribution in [-0.4, -0.2) is 45.9 Å². The van der Waals surface area contributed by atoms with Gasteiger partial charge in [0.15, 0.2) is 5.69 Å². The molecule has 0 radical (unpaired) electrons. The van der Waals surface area contributed by atoms with Crippen molar-refractivity contribution in [2.75, 3.05) is 13.2 Å². The fraction of sp³-hybridized carbons (Fsp3) is 0.593. The van der Waals surface area contributed by atoms with E-state index < -0.39 is 0 Å². The molecule has 1 aromatic carbocycles. The molecule has 2 heterocycles. The summed E-state index contributed by atoms with van der Waals surface area (Å²) in [6, 6.07) is 10.3. The van der Waals surface area contributed by atoms with E-state index in [1.807, 2.05) is 29.8 Å². The Kier molecular flexibility index (Phi) is 5.69. The van der Waals surface area contributed by atoms with Gasteiger partial charge in [-0.3, -0.25) is 9.48 Å². The molecule has 182 valence electrons. The lowest BCUT2D eigenvalue weighted by Gasteiger charge is -2.43. The minimum absolute atomic E-state index is 0.0618. The monoisotopic (exact) mass is 464 g/mol. The first-order chi connectivity index (χ1) is 16.2. The molecule has 5 rings (SSSR count). The Hall–Kier alpha value is -2.83. The van der Waals surface area contributed by atoms with Gasteiger partial charge in [-0.1, -0.05) is 51.1 Å². The van der Waals surface area contributed by atoms with Gasteiger partial charge in [-0.25, -0.2) is 4.79 Å². The molecule has 1 aromatic heterocycles. The van der Waals surface area contributed by atoms with Gasteiger partial charge in [0.1, 0.15) is 0 Å². The zero-order chi connectivity index (χ0) is 24.1. The number of nitrogens with one attached hydrogen (secondary N) is 1. The van der Waals surface area contributed by atoms with Crippen LogP contribution in [0.15, 0.2) is 30.3 Å². The molecule has 1 aliphatic heterocycles. The number of hydrogen-bond acceptors (Lipinski definition) is 4. The third-order valence-electron chi connectivity index (χ3n) is 8.60. The van der Waals surface area contributed by atoms with Gasteiger partial charge >= 0.3 is 6.09 Å². The predicted molar refractivity (Wildman–Crippen MR) is 129 cm³/mol. The summed E-state index contributed by atoms with van der Waals surface area (Å²) in [7, 11) is 0. The highest BCUT2D eigenvalue weighted by molar-refractivity contribution is 5.94. The first-order valence-electron chi connectivity index (χ1n) is 12.6. The third kappa shape index (κ3) is 3.79. The van der Waals surface area contributed by atoms with E-state index in [1.54, 1.807) is 4.90 Å². The fourth-order valence-corrected chi connectivity index (χ4v) is 6.79. The number of hydrogen-bond donors (Lipinski definition) is 1. The molecule has 2 aliphatic carbocycles. The molecule has 1 N–H and O–H groups in total. The molecule has 2 aromatic rings. The zero-order valence-corrected chi connectivity index (χ0v) is 20.8. The number of carbonyl (C=O) groups is 2. The van der Waals surface area contributed by atoms with Gasteiger partial charge in [0.25, 0.3) is 5.91 Å². The van der Waals surface area contributed by atoms with E-state index in [-0.39, 0.29) is 28.9 Å². The van der Waals surface area contributed by atoms with Crippen molar-refractivity contribution in [1.82, 2.24) is 20.0 Å². The highest BCUT2D eigenvalue weighted by Crippen LogP contribution is 2.62. The quantitative estimate of drug-likeness (QED) is 0.712. The van der Waals surface area contributed by atoms with Crippen LogP contribution in [0.1, 0.15) is 74.3 Å². The van der Waals surface area contributed by atoms with Crippen molar-refractivity contribution in [3.05, 3.63) is 52.8 Å². The first-order valence-corrected chi connectivity index (χ1v) is 12.6. The Labute approximate surface area is 201 Å². The Balaban J connectivity index is 1.46. The SMILES string of the molecule is CCOC(=O)N1CCc2c(c(C(=O)NC3C4(C)CCC(C4)C3(C)C)nn2Cc2ccccc2)C1. The number of nitrogens with zero attached hydrogens (tertiary/aromatic N) is 3. The minimum Gasteiger partial charge on any atom is -0.450 e. The smallest absolute Gasteiger partial charge is 0.410 e. The van der Waals surface area contributed by atoms with E-state index in [2.05, 4.69) is 38.2 Å². The molecule has 7 heteroatoms. The number of aromatic nitrogens is 2. The lowest BCUT2D eigenvalue weighted by Crippen LogP contribution is -2.52. The van der Waals surface area contributed by atoms with Crippen molar-refractivity contribution >= 4 is 12.0 Å². The van der Waals surface area contributed by atoms with E-state index in [0.717, 1.165) is 23.2 Å². The first kappa shape index (κ1) is 22.9. The van der Waals surface area contributed by atoms with Crippen LogP contribution >= 0.6 is 0 Å². The molecule has 7 nitrogen and oxygen atoms in total. The lowest BCUT2D eigenvalue weighted by atomic mass is 9.68. The molecule has 2 saturated carbocycles. The Morgan fingerprint density at radius 3 is 2.65 bits per heavy atom. The lowest BCUT2D eigenvalue weighted by molar-refractivity contribution is 0.0728. The molecular weight excluding hydrogens is 428 g/mol. The number of benzene rings is 1. The topological polar surface area (TPSA) is 76.5 Å². The average Bonchev–Trinajstić information content (AvgIpc) is 3.44. The van der Waals surface area contributed by atoms with Gasteiger partial charge in [0.05, 0.1) is 19.7 Å². The zero-order valence-electron chi connectivity index (χ0n) is 20.8. The maximum atomic E-state index is 13.7. The summed E-state index contributed by atoms with van der Waals surface area (Å²) in [5.41, 5.74) is 3.66. The van der Waals surface area contributed by atoms with Gasteiger partial charge in [0, 0.05) is 30.3 Å². The maximum absolute atomic E-state index is 13.7. The second-order valence-electron chi connectivity index (χ2n) is 11.1. The van der Waals surface area contributed by atoms with Crippen LogP contribution in [0.5, 0.6) is 0 Å². The number of rotatable bonds is 5. The largest absolute Gasteiger partial charge is 0.450 e. The summed E-state index contributed by atoms with van der Waals surface area (Å²) in [4.78, 5) is 27.9. The standard InChI is InChI=1S/C27H36N4O3/c1-5-34-25(33)30-14-12-21-20(17-30)22(29-31(21)16-18-9-7-6-8-10-18)23(32)28-24-26(2,3)19-11-13-27(24,4)15-19/h6-10,19,24H,5,11-17H2,1-4H3,(H,28,32). The van der Waals surface area contributed by atoms with Gasteiger partial charge < -0.3 is 15.0 Å². The van der Waals surface area contributed by atoms with Crippen molar-refractivity contribution in [3.8, 4) is 0 Å². The van der Waals surface area contributed by atoms with Crippen LogP contribution in [0, 0.1) is 16.7 Å². The van der Waals surface area contributed by atoms with Crippen LogP contribution in [-0.2, 0) is 24.2 Å². The van der Waals surface area contributed by atoms with Crippen molar-refractivity contribution in [1.29, 1.82) is 0 Å². The maximum Gasteiger partial charge on any atom is 0.410 e. The summed E-state index contributed by atoms with van der Waals surface area (Å²) < 4.78 is 7.19. The van der Waals surface area contributed by atoms with E-state index in [4.69, 9.17) is 9.84 Å². The van der Waals surface area contributed by atoms with Gasteiger partial charge in [-0.15, -0.1) is 0 Å². The molecule has 0 saturated heterocycles.